The Morgan fingerprint density at radius 2 is 1.90 bits per heavy atom. The Kier molecular flexibility index (Phi) is 4.55. The number of methoxy groups -OCH3 is 2. The molecule has 0 saturated carbocycles. The maximum atomic E-state index is 11.6. The van der Waals surface area contributed by atoms with Crippen LogP contribution >= 0.6 is 0 Å². The van der Waals surface area contributed by atoms with Gasteiger partial charge in [0.1, 0.15) is 12.2 Å². The summed E-state index contributed by atoms with van der Waals surface area (Å²) in [5.74, 6) is 0.210. The molecule has 20 heavy (non-hydrogen) atoms. The third-order valence-corrected chi connectivity index (χ3v) is 2.71. The van der Waals surface area contributed by atoms with Crippen molar-refractivity contribution in [2.45, 2.75) is 6.61 Å². The Morgan fingerprint density at radius 3 is 2.55 bits per heavy atom. The van der Waals surface area contributed by atoms with Gasteiger partial charge < -0.3 is 14.2 Å². The summed E-state index contributed by atoms with van der Waals surface area (Å²) in [4.78, 5) is 15.6. The molecule has 0 aliphatic heterocycles. The van der Waals surface area contributed by atoms with Crippen LogP contribution < -0.4 is 9.47 Å². The molecule has 5 heteroatoms. The van der Waals surface area contributed by atoms with Crippen molar-refractivity contribution >= 4 is 5.97 Å². The van der Waals surface area contributed by atoms with Gasteiger partial charge in [0.2, 0.25) is 0 Å². The number of carbonyl (C=O) groups is 1. The molecule has 0 aliphatic carbocycles. The zero-order chi connectivity index (χ0) is 14.4. The number of rotatable bonds is 5. The summed E-state index contributed by atoms with van der Waals surface area (Å²) in [5.41, 5.74) is 1.25. The van der Waals surface area contributed by atoms with Crippen molar-refractivity contribution < 1.29 is 19.0 Å². The normalized spacial score (nSPS) is 9.90. The monoisotopic (exact) mass is 273 g/mol. The van der Waals surface area contributed by atoms with Gasteiger partial charge in [-0.2, -0.15) is 0 Å². The molecular weight excluding hydrogens is 258 g/mol. The second kappa shape index (κ2) is 6.56. The summed E-state index contributed by atoms with van der Waals surface area (Å²) in [7, 11) is 2.77. The van der Waals surface area contributed by atoms with Crippen molar-refractivity contribution in [3.63, 3.8) is 0 Å². The molecule has 1 aromatic carbocycles. The summed E-state index contributed by atoms with van der Waals surface area (Å²) in [6, 6.07) is 9.69. The minimum Gasteiger partial charge on any atom is -0.492 e. The van der Waals surface area contributed by atoms with Crippen LogP contribution in [-0.4, -0.2) is 25.2 Å². The third-order valence-electron chi connectivity index (χ3n) is 2.71. The van der Waals surface area contributed by atoms with Gasteiger partial charge in [-0.3, -0.25) is 4.98 Å². The molecule has 2 rings (SSSR count). The van der Waals surface area contributed by atoms with Crippen molar-refractivity contribution in [1.29, 1.82) is 0 Å². The molecule has 0 spiro atoms. The highest BCUT2D eigenvalue weighted by Gasteiger charge is 2.18. The largest absolute Gasteiger partial charge is 0.492 e. The Bertz CT molecular complexity index is 584. The minimum atomic E-state index is -0.514. The minimum absolute atomic E-state index is 0.237. The van der Waals surface area contributed by atoms with E-state index in [1.165, 1.54) is 26.6 Å². The number of ether oxygens (including phenoxy) is 3. The predicted molar refractivity (Wildman–Crippen MR) is 72.9 cm³/mol. The van der Waals surface area contributed by atoms with Crippen LogP contribution in [0.5, 0.6) is 11.5 Å². The molecule has 0 saturated heterocycles. The number of esters is 1. The third kappa shape index (κ3) is 3.06. The SMILES string of the molecule is COC(=O)c1cncc(OCc2ccccc2)c1OC. The number of hydrogen-bond donors (Lipinski definition) is 0. The van der Waals surface area contributed by atoms with Crippen LogP contribution in [0.25, 0.3) is 0 Å². The van der Waals surface area contributed by atoms with Crippen molar-refractivity contribution in [3.8, 4) is 11.5 Å². The Hall–Kier alpha value is -2.56. The van der Waals surface area contributed by atoms with Crippen LogP contribution in [-0.2, 0) is 11.3 Å². The maximum absolute atomic E-state index is 11.6. The maximum Gasteiger partial charge on any atom is 0.343 e. The second-order valence-electron chi connectivity index (χ2n) is 3.98. The molecule has 0 bridgehead atoms. The van der Waals surface area contributed by atoms with Crippen LogP contribution in [0.2, 0.25) is 0 Å². The van der Waals surface area contributed by atoms with Crippen molar-refractivity contribution in [2.75, 3.05) is 14.2 Å². The molecule has 0 radical (unpaired) electrons. The van der Waals surface area contributed by atoms with E-state index in [1.807, 2.05) is 30.3 Å². The van der Waals surface area contributed by atoms with Crippen molar-refractivity contribution in [1.82, 2.24) is 4.98 Å². The lowest BCUT2D eigenvalue weighted by molar-refractivity contribution is 0.0595. The number of pyridine rings is 1. The lowest BCUT2D eigenvalue weighted by atomic mass is 10.2. The average molecular weight is 273 g/mol. The summed E-state index contributed by atoms with van der Waals surface area (Å²) in [6.45, 7) is 0.365. The fraction of sp³-hybridized carbons (Fsp3) is 0.200. The van der Waals surface area contributed by atoms with Gasteiger partial charge >= 0.3 is 5.97 Å². The first-order valence-electron chi connectivity index (χ1n) is 6.03. The number of benzene rings is 1. The van der Waals surface area contributed by atoms with E-state index in [2.05, 4.69) is 9.72 Å². The van der Waals surface area contributed by atoms with Crippen LogP contribution in [0.4, 0.5) is 0 Å². The van der Waals surface area contributed by atoms with E-state index in [0.29, 0.717) is 18.1 Å². The molecule has 5 nitrogen and oxygen atoms in total. The van der Waals surface area contributed by atoms with Gasteiger partial charge in [0.15, 0.2) is 11.5 Å². The molecule has 0 amide bonds. The van der Waals surface area contributed by atoms with Gasteiger partial charge in [0, 0.05) is 6.20 Å². The molecule has 1 heterocycles. The van der Waals surface area contributed by atoms with E-state index in [0.717, 1.165) is 5.56 Å². The standard InChI is InChI=1S/C15H15NO4/c1-18-14-12(15(17)19-2)8-16-9-13(14)20-10-11-6-4-3-5-7-11/h3-9H,10H2,1-2H3. The Balaban J connectivity index is 2.21. The van der Waals surface area contributed by atoms with Gasteiger partial charge in [-0.05, 0) is 5.56 Å². The van der Waals surface area contributed by atoms with E-state index in [1.54, 1.807) is 0 Å². The lowest BCUT2D eigenvalue weighted by Gasteiger charge is -2.12. The van der Waals surface area contributed by atoms with Gasteiger partial charge in [0.25, 0.3) is 0 Å². The van der Waals surface area contributed by atoms with Crippen LogP contribution in [0, 0.1) is 0 Å². The van der Waals surface area contributed by atoms with Gasteiger partial charge in [-0.25, -0.2) is 4.79 Å². The van der Waals surface area contributed by atoms with E-state index >= 15 is 0 Å². The first-order chi connectivity index (χ1) is 9.76. The molecule has 0 fully saturated rings. The Labute approximate surface area is 117 Å². The number of hydrogen-bond acceptors (Lipinski definition) is 5. The van der Waals surface area contributed by atoms with E-state index in [9.17, 15) is 4.79 Å². The lowest BCUT2D eigenvalue weighted by Crippen LogP contribution is -2.07. The molecule has 2 aromatic rings. The number of carbonyl (C=O) groups excluding carboxylic acids is 1. The van der Waals surface area contributed by atoms with Crippen LogP contribution in [0.1, 0.15) is 15.9 Å². The zero-order valence-corrected chi connectivity index (χ0v) is 11.3. The highest BCUT2D eigenvalue weighted by atomic mass is 16.5. The molecule has 0 atom stereocenters. The summed E-state index contributed by atoms with van der Waals surface area (Å²) >= 11 is 0. The van der Waals surface area contributed by atoms with Gasteiger partial charge in [-0.1, -0.05) is 30.3 Å². The Morgan fingerprint density at radius 1 is 1.15 bits per heavy atom. The van der Waals surface area contributed by atoms with Crippen LogP contribution in [0.3, 0.4) is 0 Å². The first kappa shape index (κ1) is 13.9. The molecular formula is C15H15NO4. The highest BCUT2D eigenvalue weighted by molar-refractivity contribution is 5.93. The predicted octanol–water partition coefficient (Wildman–Crippen LogP) is 2.46. The number of aromatic nitrogens is 1. The second-order valence-corrected chi connectivity index (χ2v) is 3.98. The number of nitrogens with zero attached hydrogens (tertiary/aromatic N) is 1. The fourth-order valence-electron chi connectivity index (χ4n) is 1.73. The fourth-order valence-corrected chi connectivity index (χ4v) is 1.73. The van der Waals surface area contributed by atoms with Gasteiger partial charge in [0.05, 0.1) is 20.4 Å². The average Bonchev–Trinajstić information content (AvgIpc) is 2.52. The topological polar surface area (TPSA) is 57.7 Å². The molecule has 1 aromatic heterocycles. The van der Waals surface area contributed by atoms with Crippen molar-refractivity contribution in [3.05, 3.63) is 53.9 Å². The first-order valence-corrected chi connectivity index (χ1v) is 6.03. The molecule has 0 unspecified atom stereocenters. The van der Waals surface area contributed by atoms with E-state index in [4.69, 9.17) is 9.47 Å². The van der Waals surface area contributed by atoms with Crippen molar-refractivity contribution in [2.24, 2.45) is 0 Å². The quantitative estimate of drug-likeness (QED) is 0.783. The highest BCUT2D eigenvalue weighted by Crippen LogP contribution is 2.30. The smallest absolute Gasteiger partial charge is 0.343 e. The molecule has 0 aliphatic rings. The summed E-state index contributed by atoms with van der Waals surface area (Å²) < 4.78 is 15.6. The zero-order valence-electron chi connectivity index (χ0n) is 11.3. The molecule has 104 valence electrons. The van der Waals surface area contributed by atoms with Crippen LogP contribution in [0.15, 0.2) is 42.7 Å². The van der Waals surface area contributed by atoms with E-state index in [-0.39, 0.29) is 5.56 Å². The molecule has 0 N–H and O–H groups in total. The summed E-state index contributed by atoms with van der Waals surface area (Å²) in [5, 5.41) is 0. The summed E-state index contributed by atoms with van der Waals surface area (Å²) in [6.07, 6.45) is 2.90. The van der Waals surface area contributed by atoms with Gasteiger partial charge in [-0.15, -0.1) is 0 Å². The van der Waals surface area contributed by atoms with E-state index < -0.39 is 5.97 Å².